The average molecular weight is 378 g/mol. The maximum atomic E-state index is 12.0. The Labute approximate surface area is 144 Å². The van der Waals surface area contributed by atoms with E-state index >= 15 is 0 Å². The van der Waals surface area contributed by atoms with Gasteiger partial charge in [-0.2, -0.15) is 0 Å². The van der Waals surface area contributed by atoms with Crippen molar-refractivity contribution in [3.63, 3.8) is 0 Å². The van der Waals surface area contributed by atoms with Gasteiger partial charge >= 0.3 is 0 Å². The SMILES string of the molecule is CCCOc1ccc(OCC(=O)Nc2ccc(Br)cc2C)cc1. The highest BCUT2D eigenvalue weighted by Gasteiger charge is 2.06. The van der Waals surface area contributed by atoms with Gasteiger partial charge in [0, 0.05) is 10.2 Å². The van der Waals surface area contributed by atoms with E-state index in [-0.39, 0.29) is 12.5 Å². The van der Waals surface area contributed by atoms with Crippen LogP contribution < -0.4 is 14.8 Å². The molecule has 0 bridgehead atoms. The highest BCUT2D eigenvalue weighted by molar-refractivity contribution is 9.10. The van der Waals surface area contributed by atoms with Crippen LogP contribution in [0.1, 0.15) is 18.9 Å². The molecule has 4 nitrogen and oxygen atoms in total. The number of ether oxygens (including phenoxy) is 2. The second kappa shape index (κ2) is 8.58. The molecule has 0 fully saturated rings. The molecule has 23 heavy (non-hydrogen) atoms. The first-order valence-electron chi connectivity index (χ1n) is 7.50. The minimum atomic E-state index is -0.193. The van der Waals surface area contributed by atoms with E-state index in [1.807, 2.05) is 37.3 Å². The third-order valence-corrected chi connectivity index (χ3v) is 3.62. The van der Waals surface area contributed by atoms with Crippen LogP contribution in [0.3, 0.4) is 0 Å². The quantitative estimate of drug-likeness (QED) is 0.768. The molecule has 1 N–H and O–H groups in total. The summed E-state index contributed by atoms with van der Waals surface area (Å²) in [6.07, 6.45) is 0.966. The predicted octanol–water partition coefficient (Wildman–Crippen LogP) is 4.56. The summed E-state index contributed by atoms with van der Waals surface area (Å²) in [5.74, 6) is 1.24. The van der Waals surface area contributed by atoms with Gasteiger partial charge in [-0.3, -0.25) is 4.79 Å². The van der Waals surface area contributed by atoms with Crippen molar-refractivity contribution in [2.24, 2.45) is 0 Å². The van der Waals surface area contributed by atoms with Gasteiger partial charge in [0.15, 0.2) is 6.61 Å². The van der Waals surface area contributed by atoms with Gasteiger partial charge in [-0.05, 0) is 61.4 Å². The van der Waals surface area contributed by atoms with Gasteiger partial charge in [-0.25, -0.2) is 0 Å². The number of benzene rings is 2. The van der Waals surface area contributed by atoms with Gasteiger partial charge in [0.05, 0.1) is 6.61 Å². The summed E-state index contributed by atoms with van der Waals surface area (Å²) in [6, 6.07) is 13.0. The van der Waals surface area contributed by atoms with Crippen molar-refractivity contribution in [1.82, 2.24) is 0 Å². The summed E-state index contributed by atoms with van der Waals surface area (Å²) in [4.78, 5) is 12.0. The van der Waals surface area contributed by atoms with Crippen LogP contribution in [-0.2, 0) is 4.79 Å². The Kier molecular flexibility index (Phi) is 6.47. The molecular weight excluding hydrogens is 358 g/mol. The van der Waals surface area contributed by atoms with E-state index in [2.05, 4.69) is 28.2 Å². The molecule has 122 valence electrons. The molecule has 2 rings (SSSR count). The molecule has 0 unspecified atom stereocenters. The summed E-state index contributed by atoms with van der Waals surface area (Å²) in [5.41, 5.74) is 1.77. The third kappa shape index (κ3) is 5.60. The van der Waals surface area contributed by atoms with Gasteiger partial charge in [0.1, 0.15) is 11.5 Å². The molecule has 0 aromatic heterocycles. The van der Waals surface area contributed by atoms with E-state index in [0.717, 1.165) is 27.9 Å². The number of nitrogens with one attached hydrogen (secondary N) is 1. The first kappa shape index (κ1) is 17.3. The molecule has 0 saturated heterocycles. The second-order valence-corrected chi connectivity index (χ2v) is 6.03. The van der Waals surface area contributed by atoms with Crippen LogP contribution in [-0.4, -0.2) is 19.1 Å². The Balaban J connectivity index is 1.84. The first-order chi connectivity index (χ1) is 11.1. The zero-order valence-electron chi connectivity index (χ0n) is 13.3. The summed E-state index contributed by atoms with van der Waals surface area (Å²) >= 11 is 3.40. The number of rotatable bonds is 7. The molecule has 1 amide bonds. The van der Waals surface area contributed by atoms with Gasteiger partial charge in [0.2, 0.25) is 0 Å². The van der Waals surface area contributed by atoms with Gasteiger partial charge in [0.25, 0.3) is 5.91 Å². The molecule has 0 aliphatic heterocycles. The van der Waals surface area contributed by atoms with Crippen LogP contribution in [0.4, 0.5) is 5.69 Å². The van der Waals surface area contributed by atoms with E-state index in [1.165, 1.54) is 0 Å². The maximum Gasteiger partial charge on any atom is 0.262 e. The van der Waals surface area contributed by atoms with Crippen molar-refractivity contribution in [3.8, 4) is 11.5 Å². The van der Waals surface area contributed by atoms with Gasteiger partial charge < -0.3 is 14.8 Å². The molecule has 0 heterocycles. The molecule has 0 atom stereocenters. The molecule has 0 saturated carbocycles. The number of halogens is 1. The smallest absolute Gasteiger partial charge is 0.262 e. The largest absolute Gasteiger partial charge is 0.494 e. The highest BCUT2D eigenvalue weighted by Crippen LogP contribution is 2.20. The minimum Gasteiger partial charge on any atom is -0.494 e. The van der Waals surface area contributed by atoms with Crippen LogP contribution >= 0.6 is 15.9 Å². The molecule has 2 aromatic rings. The highest BCUT2D eigenvalue weighted by atomic mass is 79.9. The molecule has 0 radical (unpaired) electrons. The number of anilines is 1. The Bertz CT molecular complexity index is 656. The number of hydrogen-bond acceptors (Lipinski definition) is 3. The standard InChI is InChI=1S/C18H20BrNO3/c1-3-10-22-15-5-7-16(8-6-15)23-12-18(21)20-17-9-4-14(19)11-13(17)2/h4-9,11H,3,10,12H2,1-2H3,(H,20,21). The van der Waals surface area contributed by atoms with Crippen molar-refractivity contribution in [3.05, 3.63) is 52.5 Å². The Morgan fingerprint density at radius 1 is 1.09 bits per heavy atom. The van der Waals surface area contributed by atoms with Crippen LogP contribution in [0.5, 0.6) is 11.5 Å². The molecule has 0 aliphatic carbocycles. The lowest BCUT2D eigenvalue weighted by molar-refractivity contribution is -0.118. The van der Waals surface area contributed by atoms with E-state index in [4.69, 9.17) is 9.47 Å². The van der Waals surface area contributed by atoms with Gasteiger partial charge in [-0.1, -0.05) is 22.9 Å². The second-order valence-electron chi connectivity index (χ2n) is 5.12. The summed E-state index contributed by atoms with van der Waals surface area (Å²) < 4.78 is 12.0. The summed E-state index contributed by atoms with van der Waals surface area (Å²) in [5, 5.41) is 2.84. The average Bonchev–Trinajstić information content (AvgIpc) is 2.54. The number of carbonyl (C=O) groups is 1. The minimum absolute atomic E-state index is 0.0370. The first-order valence-corrected chi connectivity index (χ1v) is 8.29. The maximum absolute atomic E-state index is 12.0. The van der Waals surface area contributed by atoms with Crippen molar-refractivity contribution in [2.75, 3.05) is 18.5 Å². The normalized spacial score (nSPS) is 10.2. The van der Waals surface area contributed by atoms with Crippen LogP contribution in [0.25, 0.3) is 0 Å². The molecule has 2 aromatic carbocycles. The lowest BCUT2D eigenvalue weighted by atomic mass is 10.2. The van der Waals surface area contributed by atoms with E-state index in [9.17, 15) is 4.79 Å². The van der Waals surface area contributed by atoms with Crippen LogP contribution in [0.2, 0.25) is 0 Å². The fraction of sp³-hybridized carbons (Fsp3) is 0.278. The van der Waals surface area contributed by atoms with Crippen molar-refractivity contribution in [1.29, 1.82) is 0 Å². The third-order valence-electron chi connectivity index (χ3n) is 3.13. The predicted molar refractivity (Wildman–Crippen MR) is 95.2 cm³/mol. The number of amides is 1. The Morgan fingerprint density at radius 2 is 1.74 bits per heavy atom. The van der Waals surface area contributed by atoms with Crippen molar-refractivity contribution >= 4 is 27.5 Å². The molecule has 5 heteroatoms. The van der Waals surface area contributed by atoms with Gasteiger partial charge in [-0.15, -0.1) is 0 Å². The monoisotopic (exact) mass is 377 g/mol. The lowest BCUT2D eigenvalue weighted by Gasteiger charge is -2.10. The Hall–Kier alpha value is -2.01. The van der Waals surface area contributed by atoms with Crippen LogP contribution in [0.15, 0.2) is 46.9 Å². The molecule has 0 spiro atoms. The fourth-order valence-electron chi connectivity index (χ4n) is 1.95. The van der Waals surface area contributed by atoms with E-state index in [0.29, 0.717) is 12.4 Å². The fourth-order valence-corrected chi connectivity index (χ4v) is 2.43. The lowest BCUT2D eigenvalue weighted by Crippen LogP contribution is -2.20. The van der Waals surface area contributed by atoms with Crippen molar-refractivity contribution in [2.45, 2.75) is 20.3 Å². The van der Waals surface area contributed by atoms with E-state index < -0.39 is 0 Å². The summed E-state index contributed by atoms with van der Waals surface area (Å²) in [6.45, 7) is 4.65. The Morgan fingerprint density at radius 3 is 2.35 bits per heavy atom. The van der Waals surface area contributed by atoms with Crippen LogP contribution in [0, 0.1) is 6.92 Å². The zero-order valence-corrected chi connectivity index (χ0v) is 14.9. The number of carbonyl (C=O) groups excluding carboxylic acids is 1. The molecule has 0 aliphatic rings. The topological polar surface area (TPSA) is 47.6 Å². The zero-order chi connectivity index (χ0) is 16.7. The number of aryl methyl sites for hydroxylation is 1. The number of hydrogen-bond donors (Lipinski definition) is 1. The van der Waals surface area contributed by atoms with E-state index in [1.54, 1.807) is 12.1 Å². The molecular formula is C18H20BrNO3. The van der Waals surface area contributed by atoms with Crippen molar-refractivity contribution < 1.29 is 14.3 Å². The summed E-state index contributed by atoms with van der Waals surface area (Å²) in [7, 11) is 0.